The number of rotatable bonds is 6. The second-order valence-electron chi connectivity index (χ2n) is 8.41. The molecule has 0 aliphatic carbocycles. The van der Waals surface area contributed by atoms with Crippen molar-refractivity contribution in [3.8, 4) is 5.69 Å². The summed E-state index contributed by atoms with van der Waals surface area (Å²) in [5.41, 5.74) is 4.49. The largest absolute Gasteiger partial charge is 0.481 e. The monoisotopic (exact) mass is 405 g/mol. The van der Waals surface area contributed by atoms with E-state index < -0.39 is 5.97 Å². The number of carboxylic acids is 1. The maximum Gasteiger partial charge on any atom is 0.303 e. The summed E-state index contributed by atoms with van der Waals surface area (Å²) in [6.07, 6.45) is 0.540. The SMILES string of the molecule is Cc1cc(CCC(=O)O)ccc1NC(=O)c1cc(C(C)(C)C)n(-c2ccccc2)n1. The lowest BCUT2D eigenvalue weighted by atomic mass is 9.91. The molecule has 0 spiro atoms. The Morgan fingerprint density at radius 3 is 2.37 bits per heavy atom. The van der Waals surface area contributed by atoms with Gasteiger partial charge in [-0.3, -0.25) is 9.59 Å². The number of carbonyl (C=O) groups is 2. The number of aryl methyl sites for hydroxylation is 2. The highest BCUT2D eigenvalue weighted by Gasteiger charge is 2.24. The quantitative estimate of drug-likeness (QED) is 0.620. The number of carboxylic acid groups (broad SMARTS) is 1. The molecule has 6 nitrogen and oxygen atoms in total. The van der Waals surface area contributed by atoms with E-state index in [9.17, 15) is 9.59 Å². The highest BCUT2D eigenvalue weighted by atomic mass is 16.4. The van der Waals surface area contributed by atoms with E-state index in [1.54, 1.807) is 0 Å². The molecular formula is C24H27N3O3. The average Bonchev–Trinajstić information content (AvgIpc) is 3.15. The number of hydrogen-bond donors (Lipinski definition) is 2. The van der Waals surface area contributed by atoms with Gasteiger partial charge in [-0.15, -0.1) is 0 Å². The number of carbonyl (C=O) groups excluding carboxylic acids is 1. The van der Waals surface area contributed by atoms with Crippen LogP contribution in [0.4, 0.5) is 5.69 Å². The van der Waals surface area contributed by atoms with Crippen molar-refractivity contribution in [2.45, 2.75) is 46.0 Å². The molecule has 2 N–H and O–H groups in total. The number of anilines is 1. The lowest BCUT2D eigenvalue weighted by Gasteiger charge is -2.20. The maximum atomic E-state index is 12.9. The van der Waals surface area contributed by atoms with Crippen LogP contribution in [0.25, 0.3) is 5.69 Å². The van der Waals surface area contributed by atoms with Gasteiger partial charge in [-0.2, -0.15) is 5.10 Å². The number of nitrogens with zero attached hydrogens (tertiary/aromatic N) is 2. The van der Waals surface area contributed by atoms with Gasteiger partial charge in [-0.25, -0.2) is 4.68 Å². The Morgan fingerprint density at radius 2 is 1.77 bits per heavy atom. The molecule has 0 bridgehead atoms. The fourth-order valence-corrected chi connectivity index (χ4v) is 3.25. The molecule has 0 atom stereocenters. The maximum absolute atomic E-state index is 12.9. The smallest absolute Gasteiger partial charge is 0.303 e. The van der Waals surface area contributed by atoms with Gasteiger partial charge in [0.15, 0.2) is 5.69 Å². The minimum Gasteiger partial charge on any atom is -0.481 e. The average molecular weight is 405 g/mol. The molecule has 0 radical (unpaired) electrons. The van der Waals surface area contributed by atoms with Gasteiger partial charge in [0.2, 0.25) is 0 Å². The fourth-order valence-electron chi connectivity index (χ4n) is 3.25. The Morgan fingerprint density at radius 1 is 1.07 bits per heavy atom. The van der Waals surface area contributed by atoms with Gasteiger partial charge in [-0.1, -0.05) is 51.1 Å². The topological polar surface area (TPSA) is 84.2 Å². The number of para-hydroxylation sites is 1. The zero-order valence-corrected chi connectivity index (χ0v) is 17.8. The Bertz CT molecular complexity index is 1060. The van der Waals surface area contributed by atoms with E-state index in [1.807, 2.05) is 66.2 Å². The van der Waals surface area contributed by atoms with Gasteiger partial charge in [0.05, 0.1) is 11.4 Å². The van der Waals surface area contributed by atoms with Crippen molar-refractivity contribution in [1.82, 2.24) is 9.78 Å². The molecule has 0 saturated carbocycles. The number of hydrogen-bond acceptors (Lipinski definition) is 3. The fraction of sp³-hybridized carbons (Fsp3) is 0.292. The lowest BCUT2D eigenvalue weighted by molar-refractivity contribution is -0.136. The molecule has 30 heavy (non-hydrogen) atoms. The first-order chi connectivity index (χ1) is 14.1. The molecule has 0 fully saturated rings. The van der Waals surface area contributed by atoms with Crippen LogP contribution in [0.15, 0.2) is 54.6 Å². The second kappa shape index (κ2) is 8.53. The molecule has 6 heteroatoms. The van der Waals surface area contributed by atoms with Gasteiger partial charge in [0, 0.05) is 17.5 Å². The van der Waals surface area contributed by atoms with Crippen molar-refractivity contribution in [2.75, 3.05) is 5.32 Å². The first-order valence-electron chi connectivity index (χ1n) is 9.94. The van der Waals surface area contributed by atoms with Crippen LogP contribution >= 0.6 is 0 Å². The Hall–Kier alpha value is -3.41. The van der Waals surface area contributed by atoms with Crippen molar-refractivity contribution < 1.29 is 14.7 Å². The summed E-state index contributed by atoms with van der Waals surface area (Å²) in [5, 5.41) is 16.4. The molecular weight excluding hydrogens is 378 g/mol. The zero-order chi connectivity index (χ0) is 21.9. The summed E-state index contributed by atoms with van der Waals surface area (Å²) in [4.78, 5) is 23.7. The van der Waals surface area contributed by atoms with E-state index in [4.69, 9.17) is 5.11 Å². The predicted molar refractivity (Wildman–Crippen MR) is 117 cm³/mol. The Labute approximate surface area is 176 Å². The van der Waals surface area contributed by atoms with E-state index in [2.05, 4.69) is 31.2 Å². The molecule has 1 heterocycles. The summed E-state index contributed by atoms with van der Waals surface area (Å²) in [6, 6.07) is 17.1. The van der Waals surface area contributed by atoms with Crippen molar-refractivity contribution in [2.24, 2.45) is 0 Å². The number of aliphatic carboxylic acids is 1. The molecule has 156 valence electrons. The van der Waals surface area contributed by atoms with E-state index in [0.717, 1.165) is 22.5 Å². The lowest BCUT2D eigenvalue weighted by Crippen LogP contribution is -2.17. The summed E-state index contributed by atoms with van der Waals surface area (Å²) < 4.78 is 1.82. The number of benzene rings is 2. The van der Waals surface area contributed by atoms with Gasteiger partial charge >= 0.3 is 5.97 Å². The molecule has 0 aliphatic heterocycles. The number of amides is 1. The molecule has 0 unspecified atom stereocenters. The van der Waals surface area contributed by atoms with Crippen LogP contribution in [-0.4, -0.2) is 26.8 Å². The van der Waals surface area contributed by atoms with Crippen LogP contribution in [0.3, 0.4) is 0 Å². The van der Waals surface area contributed by atoms with Crippen LogP contribution in [-0.2, 0) is 16.6 Å². The minimum absolute atomic E-state index is 0.0810. The van der Waals surface area contributed by atoms with Gasteiger partial charge in [0.1, 0.15) is 0 Å². The zero-order valence-electron chi connectivity index (χ0n) is 17.8. The first-order valence-corrected chi connectivity index (χ1v) is 9.94. The first kappa shape index (κ1) is 21.3. The van der Waals surface area contributed by atoms with Crippen molar-refractivity contribution >= 4 is 17.6 Å². The highest BCUT2D eigenvalue weighted by molar-refractivity contribution is 6.03. The molecule has 2 aromatic carbocycles. The predicted octanol–water partition coefficient (Wildman–Crippen LogP) is 4.75. The van der Waals surface area contributed by atoms with Crippen LogP contribution < -0.4 is 5.32 Å². The molecule has 3 rings (SSSR count). The third-order valence-corrected chi connectivity index (χ3v) is 4.88. The van der Waals surface area contributed by atoms with E-state index in [-0.39, 0.29) is 17.7 Å². The summed E-state index contributed by atoms with van der Waals surface area (Å²) in [5.74, 6) is -1.11. The normalized spacial score (nSPS) is 11.3. The van der Waals surface area contributed by atoms with Crippen LogP contribution in [0.2, 0.25) is 0 Å². The van der Waals surface area contributed by atoms with Crippen LogP contribution in [0.5, 0.6) is 0 Å². The third kappa shape index (κ3) is 4.95. The molecule has 1 aromatic heterocycles. The summed E-state index contributed by atoms with van der Waals surface area (Å²) >= 11 is 0. The van der Waals surface area contributed by atoms with Gasteiger partial charge in [-0.05, 0) is 48.7 Å². The third-order valence-electron chi connectivity index (χ3n) is 4.88. The van der Waals surface area contributed by atoms with Crippen LogP contribution in [0, 0.1) is 6.92 Å². The standard InChI is InChI=1S/C24H27N3O3/c1-16-14-17(11-13-22(28)29)10-12-19(16)25-23(30)20-15-21(24(2,3)4)27(26-20)18-8-6-5-7-9-18/h5-10,12,14-15H,11,13H2,1-4H3,(H,25,30)(H,28,29). The Kier molecular flexibility index (Phi) is 6.06. The van der Waals surface area contributed by atoms with Crippen LogP contribution in [0.1, 0.15) is 54.5 Å². The Balaban J connectivity index is 1.85. The summed E-state index contributed by atoms with van der Waals surface area (Å²) in [7, 11) is 0. The molecule has 1 amide bonds. The van der Waals surface area contributed by atoms with Gasteiger partial charge in [0.25, 0.3) is 5.91 Å². The second-order valence-corrected chi connectivity index (χ2v) is 8.41. The van der Waals surface area contributed by atoms with Gasteiger partial charge < -0.3 is 10.4 Å². The number of aromatic nitrogens is 2. The molecule has 0 aliphatic rings. The van der Waals surface area contributed by atoms with E-state index in [0.29, 0.717) is 17.8 Å². The van der Waals surface area contributed by atoms with Crippen molar-refractivity contribution in [3.63, 3.8) is 0 Å². The van der Waals surface area contributed by atoms with E-state index >= 15 is 0 Å². The van der Waals surface area contributed by atoms with Crippen molar-refractivity contribution in [1.29, 1.82) is 0 Å². The van der Waals surface area contributed by atoms with Crippen molar-refractivity contribution in [3.05, 3.63) is 77.1 Å². The number of nitrogens with one attached hydrogen (secondary N) is 1. The van der Waals surface area contributed by atoms with E-state index in [1.165, 1.54) is 0 Å². The highest BCUT2D eigenvalue weighted by Crippen LogP contribution is 2.26. The minimum atomic E-state index is -0.825. The summed E-state index contributed by atoms with van der Waals surface area (Å²) in [6.45, 7) is 8.16. The molecule has 3 aromatic rings. The molecule has 0 saturated heterocycles.